The van der Waals surface area contributed by atoms with Gasteiger partial charge in [0, 0.05) is 18.0 Å². The van der Waals surface area contributed by atoms with Crippen molar-refractivity contribution in [3.05, 3.63) is 23.5 Å². The average Bonchev–Trinajstić information content (AvgIpc) is 2.51. The van der Waals surface area contributed by atoms with Crippen LogP contribution in [0.3, 0.4) is 0 Å². The average molecular weight is 193 g/mol. The van der Waals surface area contributed by atoms with Gasteiger partial charge in [-0.3, -0.25) is 9.59 Å². The Labute approximate surface area is 83.5 Å². The number of carbonyl (C=O) groups excluding carboxylic acids is 2. The number of aromatic nitrogens is 1. The molecule has 3 heteroatoms. The van der Waals surface area contributed by atoms with Gasteiger partial charge in [-0.25, -0.2) is 0 Å². The maximum Gasteiger partial charge on any atom is 0.179 e. The zero-order valence-electron chi connectivity index (χ0n) is 8.76. The molecule has 14 heavy (non-hydrogen) atoms. The van der Waals surface area contributed by atoms with E-state index in [1.54, 1.807) is 13.0 Å². The van der Waals surface area contributed by atoms with Crippen LogP contribution in [0.1, 0.15) is 36.5 Å². The van der Waals surface area contributed by atoms with Gasteiger partial charge in [-0.2, -0.15) is 0 Å². The van der Waals surface area contributed by atoms with E-state index < -0.39 is 0 Å². The Bertz CT molecular complexity index is 352. The number of rotatable bonds is 4. The van der Waals surface area contributed by atoms with Gasteiger partial charge >= 0.3 is 0 Å². The molecule has 0 bridgehead atoms. The largest absolute Gasteiger partial charge is 0.356 e. The highest BCUT2D eigenvalue weighted by Gasteiger charge is 2.15. The third-order valence-electron chi connectivity index (χ3n) is 2.32. The highest BCUT2D eigenvalue weighted by atomic mass is 16.1. The van der Waals surface area contributed by atoms with Crippen LogP contribution in [0.4, 0.5) is 0 Å². The first-order valence-electron chi connectivity index (χ1n) is 4.70. The monoisotopic (exact) mass is 193 g/mol. The number of nitrogens with one attached hydrogen (secondary N) is 1. The number of Topliss-reactive ketones (excluding diaryl/α,β-unsaturated/α-hetero) is 2. The van der Waals surface area contributed by atoms with Crippen LogP contribution in [-0.4, -0.2) is 16.6 Å². The minimum absolute atomic E-state index is 0.000741. The van der Waals surface area contributed by atoms with Crippen molar-refractivity contribution in [1.82, 2.24) is 4.98 Å². The molecule has 1 N–H and O–H groups in total. The number of carbonyl (C=O) groups is 2. The summed E-state index contributed by atoms with van der Waals surface area (Å²) in [6.45, 7) is 5.18. The number of hydrogen-bond donors (Lipinski definition) is 1. The number of H-pyrrole nitrogens is 1. The first-order valence-corrected chi connectivity index (χ1v) is 4.70. The van der Waals surface area contributed by atoms with E-state index in [-0.39, 0.29) is 23.9 Å². The topological polar surface area (TPSA) is 49.9 Å². The second kappa shape index (κ2) is 4.22. The quantitative estimate of drug-likeness (QED) is 0.744. The number of hydrogen-bond acceptors (Lipinski definition) is 2. The lowest BCUT2D eigenvalue weighted by atomic mass is 10.00. The highest BCUT2D eigenvalue weighted by Crippen LogP contribution is 2.10. The molecule has 0 aromatic carbocycles. The van der Waals surface area contributed by atoms with Crippen LogP contribution in [0.15, 0.2) is 12.1 Å². The van der Waals surface area contributed by atoms with Crippen LogP contribution in [0.25, 0.3) is 0 Å². The van der Waals surface area contributed by atoms with Crippen molar-refractivity contribution in [1.29, 1.82) is 0 Å². The van der Waals surface area contributed by atoms with Gasteiger partial charge in [0.2, 0.25) is 0 Å². The number of ketones is 2. The lowest BCUT2D eigenvalue weighted by molar-refractivity contribution is -0.120. The van der Waals surface area contributed by atoms with Crippen molar-refractivity contribution >= 4 is 11.6 Å². The summed E-state index contributed by atoms with van der Waals surface area (Å²) in [5, 5.41) is 0. The summed E-state index contributed by atoms with van der Waals surface area (Å²) in [6, 6.07) is 3.61. The fourth-order valence-corrected chi connectivity index (χ4v) is 1.20. The SMILES string of the molecule is CC(=O)[C@H](C)CC(=O)c1ccc(C)[nH]1. The van der Waals surface area contributed by atoms with Gasteiger partial charge in [-0.1, -0.05) is 6.92 Å². The first-order chi connectivity index (χ1) is 6.50. The predicted octanol–water partition coefficient (Wildman–Crippen LogP) is 2.12. The molecule has 0 aliphatic rings. The van der Waals surface area contributed by atoms with E-state index in [0.29, 0.717) is 5.69 Å². The van der Waals surface area contributed by atoms with Crippen molar-refractivity contribution in [2.24, 2.45) is 5.92 Å². The molecule has 1 aromatic heterocycles. The van der Waals surface area contributed by atoms with Gasteiger partial charge in [-0.05, 0) is 26.0 Å². The molecule has 3 nitrogen and oxygen atoms in total. The molecule has 0 saturated heterocycles. The normalized spacial score (nSPS) is 12.5. The lowest BCUT2D eigenvalue weighted by Crippen LogP contribution is -2.12. The molecule has 76 valence electrons. The van der Waals surface area contributed by atoms with Gasteiger partial charge in [0.15, 0.2) is 5.78 Å². The Kier molecular flexibility index (Phi) is 3.23. The highest BCUT2D eigenvalue weighted by molar-refractivity contribution is 5.97. The minimum Gasteiger partial charge on any atom is -0.356 e. The van der Waals surface area contributed by atoms with E-state index in [0.717, 1.165) is 5.69 Å². The summed E-state index contributed by atoms with van der Waals surface area (Å²) < 4.78 is 0. The molecule has 0 unspecified atom stereocenters. The maximum atomic E-state index is 11.6. The van der Waals surface area contributed by atoms with Crippen LogP contribution in [-0.2, 0) is 4.79 Å². The van der Waals surface area contributed by atoms with Crippen LogP contribution < -0.4 is 0 Å². The second-order valence-electron chi connectivity index (χ2n) is 3.69. The van der Waals surface area contributed by atoms with Crippen molar-refractivity contribution in [2.45, 2.75) is 27.2 Å². The molecule has 1 heterocycles. The van der Waals surface area contributed by atoms with E-state index in [4.69, 9.17) is 0 Å². The first kappa shape index (κ1) is 10.7. The summed E-state index contributed by atoms with van der Waals surface area (Å²) in [7, 11) is 0. The molecule has 1 atom stereocenters. The lowest BCUT2D eigenvalue weighted by Gasteiger charge is -2.04. The van der Waals surface area contributed by atoms with Crippen molar-refractivity contribution in [3.63, 3.8) is 0 Å². The standard InChI is InChI=1S/C11H15NO2/c1-7(9(3)13)6-11(14)10-5-4-8(2)12-10/h4-5,7,12H,6H2,1-3H3/t7-/m1/s1. The van der Waals surface area contributed by atoms with Gasteiger partial charge in [0.25, 0.3) is 0 Å². The van der Waals surface area contributed by atoms with Crippen LogP contribution >= 0.6 is 0 Å². The Morgan fingerprint density at radius 2 is 2.07 bits per heavy atom. The minimum atomic E-state index is -0.189. The summed E-state index contributed by atoms with van der Waals surface area (Å²) in [5.41, 5.74) is 1.56. The number of aromatic amines is 1. The Morgan fingerprint density at radius 3 is 2.50 bits per heavy atom. The van der Waals surface area contributed by atoms with Gasteiger partial charge in [0.1, 0.15) is 5.78 Å². The fourth-order valence-electron chi connectivity index (χ4n) is 1.20. The van der Waals surface area contributed by atoms with Gasteiger partial charge in [-0.15, -0.1) is 0 Å². The van der Waals surface area contributed by atoms with E-state index in [1.807, 2.05) is 13.0 Å². The van der Waals surface area contributed by atoms with E-state index in [9.17, 15) is 9.59 Å². The number of aryl methyl sites for hydroxylation is 1. The zero-order chi connectivity index (χ0) is 10.7. The summed E-state index contributed by atoms with van der Waals surface area (Å²) in [6.07, 6.45) is 0.287. The Morgan fingerprint density at radius 1 is 1.43 bits per heavy atom. The summed E-state index contributed by atoms with van der Waals surface area (Å²) in [5.74, 6) is -0.131. The van der Waals surface area contributed by atoms with Gasteiger partial charge < -0.3 is 4.98 Å². The molecular weight excluding hydrogens is 178 g/mol. The Balaban J connectivity index is 2.63. The van der Waals surface area contributed by atoms with Crippen molar-refractivity contribution in [2.75, 3.05) is 0 Å². The molecule has 0 spiro atoms. The summed E-state index contributed by atoms with van der Waals surface area (Å²) in [4.78, 5) is 25.5. The van der Waals surface area contributed by atoms with E-state index in [2.05, 4.69) is 4.98 Å². The summed E-state index contributed by atoms with van der Waals surface area (Å²) >= 11 is 0. The van der Waals surface area contributed by atoms with Crippen LogP contribution in [0, 0.1) is 12.8 Å². The third-order valence-corrected chi connectivity index (χ3v) is 2.32. The second-order valence-corrected chi connectivity index (χ2v) is 3.69. The molecule has 0 radical (unpaired) electrons. The molecule has 0 amide bonds. The molecule has 1 rings (SSSR count). The molecule has 0 aliphatic carbocycles. The third kappa shape index (κ3) is 2.55. The smallest absolute Gasteiger partial charge is 0.179 e. The molecular formula is C11H15NO2. The van der Waals surface area contributed by atoms with Crippen molar-refractivity contribution in [3.8, 4) is 0 Å². The van der Waals surface area contributed by atoms with E-state index in [1.165, 1.54) is 6.92 Å². The molecule has 1 aromatic rings. The van der Waals surface area contributed by atoms with Crippen LogP contribution in [0.5, 0.6) is 0 Å². The molecule has 0 saturated carbocycles. The fraction of sp³-hybridized carbons (Fsp3) is 0.455. The molecule has 0 fully saturated rings. The van der Waals surface area contributed by atoms with Crippen LogP contribution in [0.2, 0.25) is 0 Å². The van der Waals surface area contributed by atoms with Crippen molar-refractivity contribution < 1.29 is 9.59 Å². The Hall–Kier alpha value is -1.38. The van der Waals surface area contributed by atoms with E-state index >= 15 is 0 Å². The van der Waals surface area contributed by atoms with Gasteiger partial charge in [0.05, 0.1) is 5.69 Å². The maximum absolute atomic E-state index is 11.6. The molecule has 0 aliphatic heterocycles. The predicted molar refractivity (Wildman–Crippen MR) is 54.3 cm³/mol. The zero-order valence-corrected chi connectivity index (χ0v) is 8.76.